The summed E-state index contributed by atoms with van der Waals surface area (Å²) in [6.45, 7) is 9.06. The number of carbonyl (C=O) groups is 1. The molecule has 2 aromatic heterocycles. The number of hydrogen-bond acceptors (Lipinski definition) is 3. The van der Waals surface area contributed by atoms with Crippen LogP contribution in [0.3, 0.4) is 0 Å². The van der Waals surface area contributed by atoms with Gasteiger partial charge in [-0.2, -0.15) is 0 Å². The van der Waals surface area contributed by atoms with E-state index < -0.39 is 35.1 Å². The summed E-state index contributed by atoms with van der Waals surface area (Å²) in [6.07, 6.45) is 0.430. The fourth-order valence-electron chi connectivity index (χ4n) is 4.29. The molecule has 36 heavy (non-hydrogen) atoms. The molecule has 0 aliphatic carbocycles. The van der Waals surface area contributed by atoms with Crippen molar-refractivity contribution in [2.45, 2.75) is 52.9 Å². The van der Waals surface area contributed by atoms with E-state index >= 15 is 0 Å². The molecule has 0 saturated heterocycles. The van der Waals surface area contributed by atoms with E-state index in [2.05, 4.69) is 4.98 Å². The third-order valence-corrected chi connectivity index (χ3v) is 5.83. The molecule has 4 aromatic rings. The van der Waals surface area contributed by atoms with Gasteiger partial charge >= 0.3 is 5.97 Å². The molecule has 0 amide bonds. The summed E-state index contributed by atoms with van der Waals surface area (Å²) in [6, 6.07) is 11.4. The number of aromatic nitrogens is 2. The minimum Gasteiger partial charge on any atom is -0.479 e. The molecule has 0 spiro atoms. The predicted octanol–water partition coefficient (Wildman–Crippen LogP) is 6.73. The van der Waals surface area contributed by atoms with Crippen LogP contribution >= 0.6 is 0 Å². The maximum absolute atomic E-state index is 13.8. The Labute approximate surface area is 207 Å². The normalized spacial score (nSPS) is 12.8. The molecule has 188 valence electrons. The molecular weight excluding hydrogens is 469 g/mol. The molecule has 2 aromatic carbocycles. The second-order valence-corrected chi connectivity index (χ2v) is 9.85. The van der Waals surface area contributed by atoms with Crippen molar-refractivity contribution >= 4 is 17.0 Å². The highest BCUT2D eigenvalue weighted by Crippen LogP contribution is 2.40. The monoisotopic (exact) mass is 496 g/mol. The first-order chi connectivity index (χ1) is 16.9. The Morgan fingerprint density at radius 3 is 2.22 bits per heavy atom. The molecule has 0 saturated carbocycles. The number of hydrogen-bond donors (Lipinski definition) is 1. The fraction of sp³-hybridized carbons (Fsp3) is 0.286. The summed E-state index contributed by atoms with van der Waals surface area (Å²) in [5, 5.41) is 10.8. The minimum atomic E-state index is -1.52. The fourth-order valence-corrected chi connectivity index (χ4v) is 4.29. The quantitative estimate of drug-likeness (QED) is 0.301. The third kappa shape index (κ3) is 4.99. The summed E-state index contributed by atoms with van der Waals surface area (Å²) < 4.78 is 48.7. The summed E-state index contributed by atoms with van der Waals surface area (Å²) >= 11 is 0. The predicted molar refractivity (Wildman–Crippen MR) is 131 cm³/mol. The lowest BCUT2D eigenvalue weighted by molar-refractivity contribution is -0.160. The standard InChI is InChI=1S/C28H27F3N2O3/c1-15-6-8-18(9-7-15)23-19-10-11-33(14-17-12-20(29)24(31)21(30)13-17)26(19)32-16(2)22(23)25(27(34)35)36-28(3,4)5/h6-13,25H,14H2,1-5H3,(H,34,35)/t25-/m1/s1. The number of fused-ring (bicyclic) bond motifs is 1. The van der Waals surface area contributed by atoms with Gasteiger partial charge in [-0.1, -0.05) is 29.8 Å². The van der Waals surface area contributed by atoms with Crippen LogP contribution in [-0.4, -0.2) is 26.2 Å². The lowest BCUT2D eigenvalue weighted by Crippen LogP contribution is -2.28. The highest BCUT2D eigenvalue weighted by Gasteiger charge is 2.32. The van der Waals surface area contributed by atoms with Gasteiger partial charge in [0.05, 0.1) is 5.60 Å². The van der Waals surface area contributed by atoms with Crippen LogP contribution in [0, 0.1) is 31.3 Å². The van der Waals surface area contributed by atoms with Gasteiger partial charge in [-0.25, -0.2) is 22.9 Å². The van der Waals surface area contributed by atoms with Gasteiger partial charge in [-0.3, -0.25) is 0 Å². The van der Waals surface area contributed by atoms with Gasteiger partial charge in [-0.05, 0) is 63.9 Å². The smallest absolute Gasteiger partial charge is 0.337 e. The lowest BCUT2D eigenvalue weighted by Gasteiger charge is -2.28. The Morgan fingerprint density at radius 2 is 1.67 bits per heavy atom. The SMILES string of the molecule is Cc1ccc(-c2c([C@@H](OC(C)(C)C)C(=O)O)c(C)nc3c2ccn3Cc2cc(F)c(F)c(F)c2)cc1. The Kier molecular flexibility index (Phi) is 6.66. The molecule has 0 bridgehead atoms. The van der Waals surface area contributed by atoms with Crippen molar-refractivity contribution in [1.29, 1.82) is 0 Å². The van der Waals surface area contributed by atoms with Crippen LogP contribution in [0.4, 0.5) is 13.2 Å². The number of carboxylic acid groups (broad SMARTS) is 1. The maximum Gasteiger partial charge on any atom is 0.337 e. The van der Waals surface area contributed by atoms with E-state index in [4.69, 9.17) is 4.74 Å². The largest absolute Gasteiger partial charge is 0.479 e. The molecular formula is C28H27F3N2O3. The topological polar surface area (TPSA) is 64.3 Å². The number of aliphatic carboxylic acids is 1. The summed E-state index contributed by atoms with van der Waals surface area (Å²) in [4.78, 5) is 17.1. The van der Waals surface area contributed by atoms with E-state index in [1.54, 1.807) is 44.5 Å². The number of aryl methyl sites for hydroxylation is 2. The summed E-state index contributed by atoms with van der Waals surface area (Å²) in [5.74, 6) is -5.19. The van der Waals surface area contributed by atoms with E-state index in [1.807, 2.05) is 31.2 Å². The first kappa shape index (κ1) is 25.4. The second kappa shape index (κ2) is 9.43. The minimum absolute atomic E-state index is 0.0393. The molecule has 0 fully saturated rings. The molecule has 8 heteroatoms. The van der Waals surface area contributed by atoms with Crippen LogP contribution in [0.5, 0.6) is 0 Å². The van der Waals surface area contributed by atoms with Gasteiger partial charge in [0.2, 0.25) is 0 Å². The highest BCUT2D eigenvalue weighted by molar-refractivity contribution is 5.97. The average molecular weight is 497 g/mol. The highest BCUT2D eigenvalue weighted by atomic mass is 19.2. The molecule has 0 unspecified atom stereocenters. The summed E-state index contributed by atoms with van der Waals surface area (Å²) in [7, 11) is 0. The van der Waals surface area contributed by atoms with Crippen LogP contribution in [0.15, 0.2) is 48.7 Å². The van der Waals surface area contributed by atoms with Crippen LogP contribution < -0.4 is 0 Å². The number of ether oxygens (including phenoxy) is 1. The first-order valence-corrected chi connectivity index (χ1v) is 11.5. The molecule has 4 rings (SSSR count). The molecule has 1 atom stereocenters. The number of carboxylic acids is 1. The van der Waals surface area contributed by atoms with E-state index in [0.717, 1.165) is 23.3 Å². The van der Waals surface area contributed by atoms with Crippen molar-refractivity contribution in [2.75, 3.05) is 0 Å². The number of rotatable bonds is 6. The van der Waals surface area contributed by atoms with Gasteiger partial charge in [-0.15, -0.1) is 0 Å². The van der Waals surface area contributed by atoms with E-state index in [0.29, 0.717) is 27.9 Å². The number of benzene rings is 2. The zero-order valence-electron chi connectivity index (χ0n) is 20.7. The van der Waals surface area contributed by atoms with Gasteiger partial charge < -0.3 is 14.4 Å². The van der Waals surface area contributed by atoms with Crippen molar-refractivity contribution in [1.82, 2.24) is 9.55 Å². The Balaban J connectivity index is 1.95. The molecule has 0 aliphatic heterocycles. The molecule has 0 radical (unpaired) electrons. The Bertz CT molecular complexity index is 1430. The van der Waals surface area contributed by atoms with Crippen molar-refractivity contribution in [3.63, 3.8) is 0 Å². The van der Waals surface area contributed by atoms with Crippen LogP contribution in [-0.2, 0) is 16.1 Å². The number of pyridine rings is 1. The number of halogens is 3. The van der Waals surface area contributed by atoms with E-state index in [-0.39, 0.29) is 12.1 Å². The Morgan fingerprint density at radius 1 is 1.06 bits per heavy atom. The molecule has 0 aliphatic rings. The maximum atomic E-state index is 13.8. The average Bonchev–Trinajstić information content (AvgIpc) is 3.17. The lowest BCUT2D eigenvalue weighted by atomic mass is 9.92. The molecule has 1 N–H and O–H groups in total. The number of nitrogens with zero attached hydrogens (tertiary/aromatic N) is 2. The zero-order valence-corrected chi connectivity index (χ0v) is 20.7. The van der Waals surface area contributed by atoms with Crippen molar-refractivity contribution < 1.29 is 27.8 Å². The van der Waals surface area contributed by atoms with Crippen molar-refractivity contribution in [2.24, 2.45) is 0 Å². The Hall–Kier alpha value is -3.65. The van der Waals surface area contributed by atoms with Crippen LogP contribution in [0.2, 0.25) is 0 Å². The second-order valence-electron chi connectivity index (χ2n) is 9.85. The molecule has 2 heterocycles. The van der Waals surface area contributed by atoms with Crippen molar-refractivity contribution in [3.05, 3.63) is 88.5 Å². The van der Waals surface area contributed by atoms with Gasteiger partial charge in [0.15, 0.2) is 23.6 Å². The first-order valence-electron chi connectivity index (χ1n) is 11.5. The summed E-state index contributed by atoms with van der Waals surface area (Å²) in [5.41, 5.74) is 3.35. The van der Waals surface area contributed by atoms with Gasteiger partial charge in [0.1, 0.15) is 5.65 Å². The van der Waals surface area contributed by atoms with Crippen LogP contribution in [0.25, 0.3) is 22.2 Å². The third-order valence-electron chi connectivity index (χ3n) is 5.83. The van der Waals surface area contributed by atoms with Crippen molar-refractivity contribution in [3.8, 4) is 11.1 Å². The molecule has 5 nitrogen and oxygen atoms in total. The zero-order chi connectivity index (χ0) is 26.4. The van der Waals surface area contributed by atoms with Gasteiger partial charge in [0.25, 0.3) is 0 Å². The van der Waals surface area contributed by atoms with E-state index in [9.17, 15) is 23.1 Å². The van der Waals surface area contributed by atoms with E-state index in [1.165, 1.54) is 0 Å². The van der Waals surface area contributed by atoms with Crippen LogP contribution in [0.1, 0.15) is 49.3 Å². The van der Waals surface area contributed by atoms with Gasteiger partial charge in [0, 0.05) is 34.9 Å².